The second-order valence-electron chi connectivity index (χ2n) is 3.66. The second kappa shape index (κ2) is 4.80. The molecule has 2 heterocycles. The van der Waals surface area contributed by atoms with Gasteiger partial charge in [-0.15, -0.1) is 11.6 Å². The normalized spacial score (nSPS) is 24.8. The van der Waals surface area contributed by atoms with Crippen molar-refractivity contribution < 1.29 is 4.74 Å². The lowest BCUT2D eigenvalue weighted by atomic mass is 10.0. The third kappa shape index (κ3) is 2.49. The highest BCUT2D eigenvalue weighted by Gasteiger charge is 2.23. The second-order valence-corrected chi connectivity index (χ2v) is 4.22. The van der Waals surface area contributed by atoms with E-state index >= 15 is 0 Å². The van der Waals surface area contributed by atoms with Crippen LogP contribution in [-0.2, 0) is 11.2 Å². The largest absolute Gasteiger partial charge is 0.377 e. The Morgan fingerprint density at radius 2 is 2.57 bits per heavy atom. The zero-order chi connectivity index (χ0) is 9.80. The summed E-state index contributed by atoms with van der Waals surface area (Å²) in [4.78, 5) is 7.21. The van der Waals surface area contributed by atoms with E-state index < -0.39 is 0 Å². The summed E-state index contributed by atoms with van der Waals surface area (Å²) in [6.45, 7) is 0.853. The van der Waals surface area contributed by atoms with E-state index in [0.29, 0.717) is 0 Å². The molecule has 0 amide bonds. The number of ether oxygens (including phenoxy) is 1. The maximum atomic E-state index is 6.27. The number of alkyl halides is 1. The van der Waals surface area contributed by atoms with Gasteiger partial charge >= 0.3 is 0 Å². The highest BCUT2D eigenvalue weighted by molar-refractivity contribution is 6.21. The molecule has 1 saturated heterocycles. The maximum Gasteiger partial charge on any atom is 0.107 e. The lowest BCUT2D eigenvalue weighted by molar-refractivity contribution is 0.0137. The number of rotatable bonds is 3. The van der Waals surface area contributed by atoms with Crippen LogP contribution in [0.3, 0.4) is 0 Å². The van der Waals surface area contributed by atoms with Crippen LogP contribution in [0.15, 0.2) is 12.4 Å². The van der Waals surface area contributed by atoms with Gasteiger partial charge in [-0.3, -0.25) is 0 Å². The number of nitrogens with zero attached hydrogens (tertiary/aromatic N) is 1. The molecule has 0 spiro atoms. The average Bonchev–Trinajstić information content (AvgIpc) is 2.72. The molecule has 1 N–H and O–H groups in total. The van der Waals surface area contributed by atoms with Crippen LogP contribution in [0.25, 0.3) is 0 Å². The van der Waals surface area contributed by atoms with Crippen LogP contribution in [-0.4, -0.2) is 28.1 Å². The molecule has 78 valence electrons. The first-order valence-electron chi connectivity index (χ1n) is 5.10. The van der Waals surface area contributed by atoms with Gasteiger partial charge in [-0.25, -0.2) is 4.98 Å². The van der Waals surface area contributed by atoms with Gasteiger partial charge in [0, 0.05) is 25.4 Å². The summed E-state index contributed by atoms with van der Waals surface area (Å²) < 4.78 is 5.61. The third-order valence-corrected chi connectivity index (χ3v) is 3.00. The predicted octanol–water partition coefficient (Wildman–Crippen LogP) is 2.13. The van der Waals surface area contributed by atoms with Crippen molar-refractivity contribution in [1.29, 1.82) is 0 Å². The van der Waals surface area contributed by atoms with Crippen LogP contribution < -0.4 is 0 Å². The van der Waals surface area contributed by atoms with Crippen molar-refractivity contribution in [1.82, 2.24) is 9.97 Å². The van der Waals surface area contributed by atoms with Crippen LogP contribution in [0.5, 0.6) is 0 Å². The molecule has 0 bridgehead atoms. The molecule has 1 aromatic heterocycles. The summed E-state index contributed by atoms with van der Waals surface area (Å²) in [7, 11) is 0. The van der Waals surface area contributed by atoms with Gasteiger partial charge in [0.1, 0.15) is 5.82 Å². The number of imidazole rings is 1. The predicted molar refractivity (Wildman–Crippen MR) is 55.5 cm³/mol. The van der Waals surface area contributed by atoms with Gasteiger partial charge < -0.3 is 9.72 Å². The van der Waals surface area contributed by atoms with Crippen LogP contribution in [0.2, 0.25) is 0 Å². The summed E-state index contributed by atoms with van der Waals surface area (Å²) >= 11 is 6.27. The number of aromatic nitrogens is 2. The van der Waals surface area contributed by atoms with Crippen LogP contribution in [0, 0.1) is 0 Å². The standard InChI is InChI=1S/C10H15ClN2O/c11-8(7-10-12-4-5-13-10)9-3-1-2-6-14-9/h4-5,8-9H,1-3,6-7H2,(H,12,13). The van der Waals surface area contributed by atoms with E-state index in [0.717, 1.165) is 25.3 Å². The molecule has 0 aliphatic carbocycles. The van der Waals surface area contributed by atoms with Gasteiger partial charge in [0.15, 0.2) is 0 Å². The molecule has 4 heteroatoms. The number of aromatic amines is 1. The topological polar surface area (TPSA) is 37.9 Å². The summed E-state index contributed by atoms with van der Waals surface area (Å²) in [5.74, 6) is 0.944. The van der Waals surface area contributed by atoms with E-state index in [-0.39, 0.29) is 11.5 Å². The number of H-pyrrole nitrogens is 1. The number of nitrogens with one attached hydrogen (secondary N) is 1. The van der Waals surface area contributed by atoms with Crippen LogP contribution in [0.4, 0.5) is 0 Å². The molecule has 3 nitrogen and oxygen atoms in total. The first-order chi connectivity index (χ1) is 6.86. The monoisotopic (exact) mass is 214 g/mol. The Labute approximate surface area is 88.8 Å². The van der Waals surface area contributed by atoms with Gasteiger partial charge in [-0.1, -0.05) is 0 Å². The molecule has 0 radical (unpaired) electrons. The number of halogens is 1. The quantitative estimate of drug-likeness (QED) is 0.783. The lowest BCUT2D eigenvalue weighted by Gasteiger charge is -2.26. The highest BCUT2D eigenvalue weighted by Crippen LogP contribution is 2.21. The fourth-order valence-corrected chi connectivity index (χ4v) is 2.12. The minimum Gasteiger partial charge on any atom is -0.377 e. The SMILES string of the molecule is ClC(Cc1ncc[nH]1)C1CCCCO1. The van der Waals surface area contributed by atoms with E-state index in [4.69, 9.17) is 16.3 Å². The molecule has 1 aliphatic rings. The molecule has 0 saturated carbocycles. The summed E-state index contributed by atoms with van der Waals surface area (Å²) in [5.41, 5.74) is 0. The zero-order valence-electron chi connectivity index (χ0n) is 8.08. The summed E-state index contributed by atoms with van der Waals surface area (Å²) in [6.07, 6.45) is 8.01. The first-order valence-corrected chi connectivity index (χ1v) is 5.54. The van der Waals surface area contributed by atoms with Gasteiger partial charge in [0.05, 0.1) is 11.5 Å². The van der Waals surface area contributed by atoms with E-state index in [9.17, 15) is 0 Å². The van der Waals surface area contributed by atoms with Gasteiger partial charge in [0.2, 0.25) is 0 Å². The molecular weight excluding hydrogens is 200 g/mol. The molecule has 2 atom stereocenters. The average molecular weight is 215 g/mol. The Hall–Kier alpha value is -0.540. The fraction of sp³-hybridized carbons (Fsp3) is 0.700. The van der Waals surface area contributed by atoms with E-state index in [2.05, 4.69) is 9.97 Å². The van der Waals surface area contributed by atoms with Crippen molar-refractivity contribution in [3.05, 3.63) is 18.2 Å². The lowest BCUT2D eigenvalue weighted by Crippen LogP contribution is -2.30. The Morgan fingerprint density at radius 1 is 1.64 bits per heavy atom. The zero-order valence-corrected chi connectivity index (χ0v) is 8.83. The molecule has 1 aromatic rings. The van der Waals surface area contributed by atoms with Crippen LogP contribution >= 0.6 is 11.6 Å². The Balaban J connectivity index is 1.85. The molecule has 2 rings (SSSR count). The molecule has 14 heavy (non-hydrogen) atoms. The highest BCUT2D eigenvalue weighted by atomic mass is 35.5. The summed E-state index contributed by atoms with van der Waals surface area (Å²) in [5, 5.41) is 0.0430. The molecular formula is C10H15ClN2O. The number of hydrogen-bond donors (Lipinski definition) is 1. The van der Waals surface area contributed by atoms with Crippen molar-refractivity contribution in [3.8, 4) is 0 Å². The van der Waals surface area contributed by atoms with E-state index in [1.807, 2.05) is 6.20 Å². The molecule has 2 unspecified atom stereocenters. The Morgan fingerprint density at radius 3 is 3.21 bits per heavy atom. The van der Waals surface area contributed by atoms with Crippen molar-refractivity contribution >= 4 is 11.6 Å². The van der Waals surface area contributed by atoms with Crippen LogP contribution in [0.1, 0.15) is 25.1 Å². The van der Waals surface area contributed by atoms with Crippen molar-refractivity contribution in [2.24, 2.45) is 0 Å². The number of hydrogen-bond acceptors (Lipinski definition) is 2. The van der Waals surface area contributed by atoms with Gasteiger partial charge in [-0.05, 0) is 19.3 Å². The minimum atomic E-state index is 0.0430. The van der Waals surface area contributed by atoms with Crippen molar-refractivity contribution in [2.75, 3.05) is 6.61 Å². The Kier molecular flexibility index (Phi) is 3.43. The molecule has 1 fully saturated rings. The third-order valence-electron chi connectivity index (χ3n) is 2.56. The van der Waals surface area contributed by atoms with Crippen molar-refractivity contribution in [2.45, 2.75) is 37.2 Å². The maximum absolute atomic E-state index is 6.27. The fourth-order valence-electron chi connectivity index (χ4n) is 1.78. The van der Waals surface area contributed by atoms with Gasteiger partial charge in [0.25, 0.3) is 0 Å². The van der Waals surface area contributed by atoms with E-state index in [1.165, 1.54) is 12.8 Å². The Bertz CT molecular complexity index is 257. The smallest absolute Gasteiger partial charge is 0.107 e. The molecule has 1 aliphatic heterocycles. The first kappa shape index (κ1) is 9.99. The molecule has 0 aromatic carbocycles. The van der Waals surface area contributed by atoms with Gasteiger partial charge in [-0.2, -0.15) is 0 Å². The minimum absolute atomic E-state index is 0.0430. The van der Waals surface area contributed by atoms with Crippen molar-refractivity contribution in [3.63, 3.8) is 0 Å². The van der Waals surface area contributed by atoms with E-state index in [1.54, 1.807) is 6.20 Å². The summed E-state index contributed by atoms with van der Waals surface area (Å²) in [6, 6.07) is 0.